The molecule has 0 bridgehead atoms. The lowest BCUT2D eigenvalue weighted by molar-refractivity contribution is -0.142. The SMILES string of the molecule is COC(=O)C(N)Cc1ccc2c(c1)OCC(c1cccc(OCc3ccc(Cl)c(Cl)c3)c1)O2. The summed E-state index contributed by atoms with van der Waals surface area (Å²) in [6.07, 6.45) is 0.0690. The van der Waals surface area contributed by atoms with E-state index in [1.54, 1.807) is 12.1 Å². The number of nitrogens with two attached hydrogens (primary N) is 1. The fourth-order valence-electron chi connectivity index (χ4n) is 3.50. The van der Waals surface area contributed by atoms with E-state index in [0.29, 0.717) is 46.9 Å². The fraction of sp³-hybridized carbons (Fsp3) is 0.240. The molecule has 0 radical (unpaired) electrons. The van der Waals surface area contributed by atoms with Crippen molar-refractivity contribution in [3.8, 4) is 17.2 Å². The van der Waals surface area contributed by atoms with Crippen LogP contribution in [0.4, 0.5) is 0 Å². The number of esters is 1. The van der Waals surface area contributed by atoms with E-state index < -0.39 is 12.0 Å². The monoisotopic (exact) mass is 487 g/mol. The zero-order valence-electron chi connectivity index (χ0n) is 17.9. The molecule has 1 aliphatic rings. The second kappa shape index (κ2) is 10.3. The smallest absolute Gasteiger partial charge is 0.322 e. The maximum atomic E-state index is 11.6. The first-order valence-corrected chi connectivity index (χ1v) is 11.1. The number of carbonyl (C=O) groups excluding carboxylic acids is 1. The standard InChI is InChI=1S/C25H23Cl2NO5/c1-30-25(29)21(28)10-15-6-8-22-23(11-15)32-14-24(33-22)17-3-2-4-18(12-17)31-13-16-5-7-19(26)20(27)9-16/h2-9,11-12,21,24H,10,13-14,28H2,1H3. The molecule has 2 N–H and O–H groups in total. The zero-order valence-corrected chi connectivity index (χ0v) is 19.4. The van der Waals surface area contributed by atoms with Gasteiger partial charge in [0.2, 0.25) is 0 Å². The third kappa shape index (κ3) is 5.71. The highest BCUT2D eigenvalue weighted by molar-refractivity contribution is 6.42. The number of fused-ring (bicyclic) bond motifs is 1. The van der Waals surface area contributed by atoms with Gasteiger partial charge in [-0.3, -0.25) is 4.79 Å². The molecule has 1 aliphatic heterocycles. The quantitative estimate of drug-likeness (QED) is 0.465. The van der Waals surface area contributed by atoms with Crippen molar-refractivity contribution >= 4 is 29.2 Å². The van der Waals surface area contributed by atoms with Crippen molar-refractivity contribution in [2.45, 2.75) is 25.2 Å². The summed E-state index contributed by atoms with van der Waals surface area (Å²) in [5.41, 5.74) is 8.57. The predicted octanol–water partition coefficient (Wildman–Crippen LogP) is 5.13. The molecule has 6 nitrogen and oxygen atoms in total. The van der Waals surface area contributed by atoms with Crippen LogP contribution in [0.25, 0.3) is 0 Å². The molecule has 0 saturated heterocycles. The number of hydrogen-bond donors (Lipinski definition) is 1. The lowest BCUT2D eigenvalue weighted by Crippen LogP contribution is -2.33. The molecule has 3 aromatic carbocycles. The normalized spacial score (nSPS) is 15.6. The van der Waals surface area contributed by atoms with Gasteiger partial charge in [-0.15, -0.1) is 0 Å². The van der Waals surface area contributed by atoms with Crippen molar-refractivity contribution < 1.29 is 23.7 Å². The Kier molecular flexibility index (Phi) is 7.28. The van der Waals surface area contributed by atoms with Gasteiger partial charge in [-0.2, -0.15) is 0 Å². The minimum absolute atomic E-state index is 0.283. The van der Waals surface area contributed by atoms with E-state index in [1.165, 1.54) is 7.11 Å². The van der Waals surface area contributed by atoms with Gasteiger partial charge in [0.25, 0.3) is 0 Å². The summed E-state index contributed by atoms with van der Waals surface area (Å²) >= 11 is 12.0. The van der Waals surface area contributed by atoms with Crippen LogP contribution < -0.4 is 19.9 Å². The Morgan fingerprint density at radius 3 is 2.67 bits per heavy atom. The molecule has 0 saturated carbocycles. The highest BCUT2D eigenvalue weighted by atomic mass is 35.5. The molecule has 2 atom stereocenters. The average Bonchev–Trinajstić information content (AvgIpc) is 2.84. The van der Waals surface area contributed by atoms with Crippen molar-refractivity contribution in [2.75, 3.05) is 13.7 Å². The number of benzene rings is 3. The second-order valence-corrected chi connectivity index (χ2v) is 8.46. The maximum absolute atomic E-state index is 11.6. The molecule has 0 fully saturated rings. The molecule has 0 aliphatic carbocycles. The number of halogens is 2. The number of carbonyl (C=O) groups is 1. The van der Waals surface area contributed by atoms with Crippen molar-refractivity contribution in [2.24, 2.45) is 5.73 Å². The lowest BCUT2D eigenvalue weighted by atomic mass is 10.0. The summed E-state index contributed by atoms with van der Waals surface area (Å²) in [5.74, 6) is 1.50. The van der Waals surface area contributed by atoms with Crippen LogP contribution in [0.2, 0.25) is 10.0 Å². The van der Waals surface area contributed by atoms with Crippen LogP contribution in [0, 0.1) is 0 Å². The Morgan fingerprint density at radius 1 is 1.06 bits per heavy atom. The summed E-state index contributed by atoms with van der Waals surface area (Å²) in [4.78, 5) is 11.6. The first kappa shape index (κ1) is 23.2. The molecule has 172 valence electrons. The van der Waals surface area contributed by atoms with E-state index in [1.807, 2.05) is 48.5 Å². The van der Waals surface area contributed by atoms with Gasteiger partial charge in [0.15, 0.2) is 17.6 Å². The van der Waals surface area contributed by atoms with Gasteiger partial charge in [-0.05, 0) is 59.5 Å². The number of hydrogen-bond acceptors (Lipinski definition) is 6. The summed E-state index contributed by atoms with van der Waals surface area (Å²) in [6, 6.07) is 17.9. The van der Waals surface area contributed by atoms with Crippen LogP contribution in [0.15, 0.2) is 60.7 Å². The van der Waals surface area contributed by atoms with Crippen molar-refractivity contribution in [1.82, 2.24) is 0 Å². The van der Waals surface area contributed by atoms with Gasteiger partial charge in [-0.25, -0.2) is 0 Å². The van der Waals surface area contributed by atoms with Crippen molar-refractivity contribution in [3.63, 3.8) is 0 Å². The maximum Gasteiger partial charge on any atom is 0.322 e. The van der Waals surface area contributed by atoms with E-state index in [2.05, 4.69) is 4.74 Å². The molecule has 2 unspecified atom stereocenters. The van der Waals surface area contributed by atoms with Crippen LogP contribution in [0.3, 0.4) is 0 Å². The number of ether oxygens (including phenoxy) is 4. The lowest BCUT2D eigenvalue weighted by Gasteiger charge is -2.27. The van der Waals surface area contributed by atoms with E-state index in [9.17, 15) is 4.79 Å². The summed E-state index contributed by atoms with van der Waals surface area (Å²) in [5, 5.41) is 1.00. The zero-order chi connectivity index (χ0) is 23.4. The van der Waals surface area contributed by atoms with Gasteiger partial charge < -0.3 is 24.7 Å². The summed E-state index contributed by atoms with van der Waals surface area (Å²) in [7, 11) is 1.32. The van der Waals surface area contributed by atoms with Gasteiger partial charge in [0, 0.05) is 0 Å². The molecule has 1 heterocycles. The summed E-state index contributed by atoms with van der Waals surface area (Å²) in [6.45, 7) is 0.706. The molecule has 0 aromatic heterocycles. The molecule has 0 amide bonds. The topological polar surface area (TPSA) is 80.0 Å². The van der Waals surface area contributed by atoms with E-state index >= 15 is 0 Å². The van der Waals surface area contributed by atoms with Crippen LogP contribution in [-0.4, -0.2) is 25.7 Å². The minimum atomic E-state index is -0.725. The molecule has 4 rings (SSSR count). The van der Waals surface area contributed by atoms with Gasteiger partial charge >= 0.3 is 5.97 Å². The first-order chi connectivity index (χ1) is 15.9. The molecule has 0 spiro atoms. The third-order valence-electron chi connectivity index (χ3n) is 5.25. The molecular weight excluding hydrogens is 465 g/mol. The van der Waals surface area contributed by atoms with E-state index in [4.69, 9.17) is 43.1 Å². The van der Waals surface area contributed by atoms with Crippen LogP contribution in [-0.2, 0) is 22.6 Å². The Labute approximate surface area is 202 Å². The first-order valence-electron chi connectivity index (χ1n) is 10.4. The van der Waals surface area contributed by atoms with Gasteiger partial charge in [-0.1, -0.05) is 47.5 Å². The van der Waals surface area contributed by atoms with Crippen molar-refractivity contribution in [1.29, 1.82) is 0 Å². The van der Waals surface area contributed by atoms with E-state index in [-0.39, 0.29) is 6.10 Å². The predicted molar refractivity (Wildman–Crippen MR) is 126 cm³/mol. The Bertz CT molecular complexity index is 1150. The van der Waals surface area contributed by atoms with Gasteiger partial charge in [0.1, 0.15) is 25.0 Å². The molecule has 33 heavy (non-hydrogen) atoms. The summed E-state index contributed by atoms with van der Waals surface area (Å²) < 4.78 is 22.7. The van der Waals surface area contributed by atoms with E-state index in [0.717, 1.165) is 16.7 Å². The molecule has 8 heteroatoms. The largest absolute Gasteiger partial charge is 0.489 e. The molecule has 3 aromatic rings. The Balaban J connectivity index is 1.41. The van der Waals surface area contributed by atoms with Gasteiger partial charge in [0.05, 0.1) is 17.2 Å². The van der Waals surface area contributed by atoms with Crippen molar-refractivity contribution in [3.05, 3.63) is 87.4 Å². The highest BCUT2D eigenvalue weighted by Gasteiger charge is 2.24. The second-order valence-electron chi connectivity index (χ2n) is 7.64. The van der Waals surface area contributed by atoms with Crippen LogP contribution in [0.1, 0.15) is 22.8 Å². The Morgan fingerprint density at radius 2 is 1.88 bits per heavy atom. The van der Waals surface area contributed by atoms with Crippen LogP contribution in [0.5, 0.6) is 17.2 Å². The fourth-order valence-corrected chi connectivity index (χ4v) is 3.82. The number of methoxy groups -OCH3 is 1. The average molecular weight is 488 g/mol. The third-order valence-corrected chi connectivity index (χ3v) is 5.99. The number of rotatable bonds is 7. The van der Waals surface area contributed by atoms with Crippen LogP contribution >= 0.6 is 23.2 Å². The molecular formula is C25H23Cl2NO5. The Hall–Kier alpha value is -2.93. The minimum Gasteiger partial charge on any atom is -0.489 e. The highest BCUT2D eigenvalue weighted by Crippen LogP contribution is 2.38.